The van der Waals surface area contributed by atoms with E-state index < -0.39 is 22.4 Å². The second-order valence-electron chi connectivity index (χ2n) is 12.7. The van der Waals surface area contributed by atoms with Crippen LogP contribution in [0.3, 0.4) is 0 Å². The van der Waals surface area contributed by atoms with Gasteiger partial charge in [-0.2, -0.15) is 0 Å². The third kappa shape index (κ3) is 3.27. The first-order chi connectivity index (χ1) is 23.1. The van der Waals surface area contributed by atoms with Crippen molar-refractivity contribution >= 4 is 74.9 Å². The monoisotopic (exact) mass is 654 g/mol. The Balaban J connectivity index is 1.44. The average molecular weight is 655 g/mol. The molecule has 0 saturated heterocycles. The molecule has 0 radical (unpaired) electrons. The summed E-state index contributed by atoms with van der Waals surface area (Å²) in [7, 11) is -9.66. The first-order valence-corrected chi connectivity index (χ1v) is 21.4. The van der Waals surface area contributed by atoms with Crippen molar-refractivity contribution in [1.82, 2.24) is 0 Å². The van der Waals surface area contributed by atoms with E-state index in [2.05, 4.69) is 109 Å². The lowest BCUT2D eigenvalue weighted by Gasteiger charge is -2.42. The Kier molecular flexibility index (Phi) is 5.60. The van der Waals surface area contributed by atoms with Crippen molar-refractivity contribution in [3.8, 4) is 22.3 Å². The number of benzene rings is 7. The van der Waals surface area contributed by atoms with Gasteiger partial charge in [0.15, 0.2) is 22.4 Å². The third-order valence-corrected chi connectivity index (χ3v) is 22.2. The van der Waals surface area contributed by atoms with Crippen LogP contribution in [0.1, 0.15) is 0 Å². The van der Waals surface area contributed by atoms with E-state index in [1.54, 1.807) is 0 Å². The first-order valence-electron chi connectivity index (χ1n) is 16.0. The van der Waals surface area contributed by atoms with Crippen LogP contribution in [0.5, 0.6) is 0 Å². The molecular formula is C42H28O2P2Si. The lowest BCUT2D eigenvalue weighted by molar-refractivity contribution is 0.592. The normalized spacial score (nSPS) is 20.4. The van der Waals surface area contributed by atoms with Crippen LogP contribution in [0.2, 0.25) is 0 Å². The van der Waals surface area contributed by atoms with E-state index in [9.17, 15) is 0 Å². The number of hydrogen-bond donors (Lipinski definition) is 0. The fraction of sp³-hybridized carbons (Fsp3) is 0. The lowest BCUT2D eigenvalue weighted by atomic mass is 10.1. The molecule has 2 unspecified atom stereocenters. The predicted molar refractivity (Wildman–Crippen MR) is 200 cm³/mol. The highest BCUT2D eigenvalue weighted by Crippen LogP contribution is 2.56. The minimum atomic E-state index is -3.35. The van der Waals surface area contributed by atoms with E-state index in [4.69, 9.17) is 0 Å². The van der Waals surface area contributed by atoms with Gasteiger partial charge in [-0.3, -0.25) is 0 Å². The maximum Gasteiger partial charge on any atom is 0.181 e. The standard InChI is InChI=1S/C42H28O2P2Si/c43-45(29-15-4-1-5-16-29)36-24-12-11-22-33(36)35-27-41-39(28-38(35)45)46(44)37-25-13-10-21-32(37)34-23-14-26-40(42(34)46)47(41,30-17-6-2-7-18-30)31-19-8-3-9-20-31/h1-28H. The molecule has 0 fully saturated rings. The molecule has 10 rings (SSSR count). The molecule has 47 heavy (non-hydrogen) atoms. The summed E-state index contributed by atoms with van der Waals surface area (Å²) in [6, 6.07) is 59.0. The van der Waals surface area contributed by atoms with Crippen LogP contribution in [-0.2, 0) is 9.13 Å². The second kappa shape index (κ2) is 9.63. The Morgan fingerprint density at radius 2 is 0.872 bits per heavy atom. The van der Waals surface area contributed by atoms with Crippen LogP contribution >= 0.6 is 14.3 Å². The van der Waals surface area contributed by atoms with Gasteiger partial charge in [0.2, 0.25) is 0 Å². The van der Waals surface area contributed by atoms with Gasteiger partial charge >= 0.3 is 0 Å². The smallest absolute Gasteiger partial charge is 0.181 e. The van der Waals surface area contributed by atoms with Crippen molar-refractivity contribution < 1.29 is 9.13 Å². The SMILES string of the molecule is O=P1(c2ccccc2)c2ccccc2-c2cc3c(cc21)P1(=O)c2ccccc2-c2cccc(c21)[Si]3(c1ccccc1)c1ccccc1. The minimum absolute atomic E-state index is 0.799. The molecule has 7 aromatic carbocycles. The third-order valence-electron chi connectivity index (χ3n) is 10.6. The zero-order valence-corrected chi connectivity index (χ0v) is 28.2. The average Bonchev–Trinajstić information content (AvgIpc) is 3.56. The Hall–Kier alpha value is -4.78. The summed E-state index contributed by atoms with van der Waals surface area (Å²) >= 11 is 0. The maximum absolute atomic E-state index is 16.4. The van der Waals surface area contributed by atoms with Crippen molar-refractivity contribution in [1.29, 1.82) is 0 Å². The van der Waals surface area contributed by atoms with Gasteiger partial charge in [0.1, 0.15) is 0 Å². The summed E-state index contributed by atoms with van der Waals surface area (Å²) in [6.45, 7) is 0. The van der Waals surface area contributed by atoms with Gasteiger partial charge in [0, 0.05) is 31.8 Å². The van der Waals surface area contributed by atoms with Gasteiger partial charge in [-0.1, -0.05) is 164 Å². The zero-order valence-electron chi connectivity index (χ0n) is 25.4. The highest BCUT2D eigenvalue weighted by molar-refractivity contribution is 7.89. The van der Waals surface area contributed by atoms with Crippen molar-refractivity contribution in [2.75, 3.05) is 0 Å². The van der Waals surface area contributed by atoms with Crippen molar-refractivity contribution in [2.24, 2.45) is 0 Å². The summed E-state index contributed by atoms with van der Waals surface area (Å²) in [4.78, 5) is 0. The molecule has 2 atom stereocenters. The molecule has 0 spiro atoms. The number of fused-ring (bicyclic) bond motifs is 8. The molecule has 0 aromatic heterocycles. The fourth-order valence-corrected chi connectivity index (χ4v) is 22.0. The largest absolute Gasteiger partial charge is 0.309 e. The van der Waals surface area contributed by atoms with Gasteiger partial charge in [-0.15, -0.1) is 0 Å². The molecule has 7 aromatic rings. The molecule has 3 aliphatic rings. The quantitative estimate of drug-likeness (QED) is 0.206. The summed E-state index contributed by atoms with van der Waals surface area (Å²) in [6.07, 6.45) is 0. The van der Waals surface area contributed by atoms with E-state index in [0.29, 0.717) is 0 Å². The van der Waals surface area contributed by atoms with Gasteiger partial charge in [0.05, 0.1) is 0 Å². The van der Waals surface area contributed by atoms with Gasteiger partial charge < -0.3 is 9.13 Å². The molecule has 0 aliphatic carbocycles. The lowest BCUT2D eigenvalue weighted by Crippen LogP contribution is -2.81. The predicted octanol–water partition coefficient (Wildman–Crippen LogP) is 4.62. The zero-order chi connectivity index (χ0) is 31.4. The van der Waals surface area contributed by atoms with Crippen LogP contribution in [0.25, 0.3) is 22.3 Å². The molecule has 0 N–H and O–H groups in total. The van der Waals surface area contributed by atoms with Gasteiger partial charge in [-0.25, -0.2) is 0 Å². The van der Waals surface area contributed by atoms with E-state index in [1.807, 2.05) is 60.7 Å². The van der Waals surface area contributed by atoms with E-state index in [0.717, 1.165) is 59.3 Å². The Labute approximate surface area is 275 Å². The van der Waals surface area contributed by atoms with Crippen LogP contribution in [-0.4, -0.2) is 8.07 Å². The van der Waals surface area contributed by atoms with Gasteiger partial charge in [-0.05, 0) is 49.1 Å². The molecule has 0 saturated carbocycles. The van der Waals surface area contributed by atoms with Crippen molar-refractivity contribution in [3.63, 3.8) is 0 Å². The Morgan fingerprint density at radius 1 is 0.362 bits per heavy atom. The molecule has 0 bridgehead atoms. The van der Waals surface area contributed by atoms with E-state index in [1.165, 1.54) is 15.6 Å². The van der Waals surface area contributed by atoms with E-state index >= 15 is 9.13 Å². The maximum atomic E-state index is 16.4. The topological polar surface area (TPSA) is 34.1 Å². The molecule has 222 valence electrons. The molecule has 3 aliphatic heterocycles. The van der Waals surface area contributed by atoms with Crippen LogP contribution in [0.4, 0.5) is 0 Å². The summed E-state index contributed by atoms with van der Waals surface area (Å²) in [5.41, 5.74) is 4.10. The summed E-state index contributed by atoms with van der Waals surface area (Å²) in [5, 5.41) is 10.0. The van der Waals surface area contributed by atoms with Crippen LogP contribution in [0.15, 0.2) is 170 Å². The highest BCUT2D eigenvalue weighted by Gasteiger charge is 2.57. The summed E-state index contributed by atoms with van der Waals surface area (Å²) in [5.74, 6) is 0. The van der Waals surface area contributed by atoms with Crippen molar-refractivity contribution in [3.05, 3.63) is 170 Å². The number of hydrogen-bond acceptors (Lipinski definition) is 2. The molecule has 3 heterocycles. The van der Waals surface area contributed by atoms with Crippen molar-refractivity contribution in [2.45, 2.75) is 0 Å². The molecular weight excluding hydrogens is 626 g/mol. The Morgan fingerprint density at radius 3 is 1.51 bits per heavy atom. The van der Waals surface area contributed by atoms with E-state index in [-0.39, 0.29) is 0 Å². The van der Waals surface area contributed by atoms with Crippen LogP contribution < -0.4 is 52.6 Å². The Bertz CT molecular complexity index is 2490. The highest BCUT2D eigenvalue weighted by atomic mass is 31.2. The number of rotatable bonds is 3. The first kappa shape index (κ1) is 27.3. The summed E-state index contributed by atoms with van der Waals surface area (Å²) < 4.78 is 32.2. The fourth-order valence-electron chi connectivity index (χ4n) is 8.70. The van der Waals surface area contributed by atoms with Gasteiger partial charge in [0.25, 0.3) is 0 Å². The molecule has 0 amide bonds. The molecule has 2 nitrogen and oxygen atoms in total. The minimum Gasteiger partial charge on any atom is -0.309 e. The van der Waals surface area contributed by atoms with Crippen LogP contribution in [0, 0.1) is 0 Å². The second-order valence-corrected chi connectivity index (χ2v) is 21.7. The molecule has 5 heteroatoms.